The molecule has 558 valence electrons. The van der Waals surface area contributed by atoms with Gasteiger partial charge in [0.1, 0.15) is 23.1 Å². The molecule has 5 aromatic rings. The molecule has 4 aromatic carbocycles. The Morgan fingerprint density at radius 2 is 1.07 bits per heavy atom. The van der Waals surface area contributed by atoms with Crippen molar-refractivity contribution in [2.75, 3.05) is 5.75 Å². The van der Waals surface area contributed by atoms with Crippen molar-refractivity contribution in [2.24, 2.45) is 39.4 Å². The predicted molar refractivity (Wildman–Crippen MR) is 387 cm³/mol. The van der Waals surface area contributed by atoms with E-state index in [1.54, 1.807) is 39.8 Å². The van der Waals surface area contributed by atoms with Crippen LogP contribution in [-0.4, -0.2) is 94.3 Å². The third-order valence-corrected chi connectivity index (χ3v) is 23.9. The second-order valence-electron chi connectivity index (χ2n) is 32.6. The molecule has 5 saturated carbocycles. The number of fused-ring (bicyclic) bond motifs is 3. The first-order valence-corrected chi connectivity index (χ1v) is 38.7. The van der Waals surface area contributed by atoms with Gasteiger partial charge in [-0.2, -0.15) is 13.2 Å². The van der Waals surface area contributed by atoms with Crippen molar-refractivity contribution in [3.8, 4) is 10.6 Å². The van der Waals surface area contributed by atoms with E-state index in [0.29, 0.717) is 43.8 Å². The van der Waals surface area contributed by atoms with Crippen LogP contribution in [0.4, 0.5) is 13.2 Å². The zero-order valence-electron chi connectivity index (χ0n) is 62.8. The van der Waals surface area contributed by atoms with Gasteiger partial charge in [0.05, 0.1) is 48.6 Å². The summed E-state index contributed by atoms with van der Waals surface area (Å²) in [5.74, 6) is -3.92. The molecule has 0 radical (unpaired) electrons. The molecule has 15 nitrogen and oxygen atoms in total. The van der Waals surface area contributed by atoms with Crippen molar-refractivity contribution >= 4 is 70.6 Å². The monoisotopic (exact) mass is 1440 g/mol. The number of carboxylic acid groups (broad SMARTS) is 1. The summed E-state index contributed by atoms with van der Waals surface area (Å²) in [7, 11) is -5.21. The average molecular weight is 1440 g/mol. The fourth-order valence-electron chi connectivity index (χ4n) is 14.2. The number of aromatic hydroxyl groups is 1. The van der Waals surface area contributed by atoms with Crippen molar-refractivity contribution in [3.05, 3.63) is 109 Å². The molecule has 2 heterocycles. The van der Waals surface area contributed by atoms with Gasteiger partial charge in [0.15, 0.2) is 14.3 Å². The number of nitrogens with two attached hydrogens (primary N) is 1. The summed E-state index contributed by atoms with van der Waals surface area (Å²) in [5.41, 5.74) is -2.27. The number of benzene rings is 4. The van der Waals surface area contributed by atoms with Gasteiger partial charge in [-0.05, 0) is 237 Å². The SMILES string of the molecule is CC(C)C(=O)[O-].CCC(C)(C)C(=O)OC1(C)CCCCC1.CCC(C)(C)C(=O)OC12CC3CC(C1)CC(C(=O)OC(CS(=O)(=O)[O-])C(F)(F)F)(C3)C2.CCC(C)(C)C(=O)OC1CC(C)(C)[NH2+]C(C)(C)C1.CCC(C)c1ccc(O)cc1.c1ccc(-[s+]2c3ccccc3c3ccccc32)cc1. The third-order valence-electron chi connectivity index (χ3n) is 20.9. The van der Waals surface area contributed by atoms with Crippen LogP contribution in [0.15, 0.2) is 103 Å². The van der Waals surface area contributed by atoms with Crippen LogP contribution in [-0.2, 0) is 53.0 Å². The zero-order chi connectivity index (χ0) is 75.3. The Bertz CT molecular complexity index is 3540. The van der Waals surface area contributed by atoms with Crippen molar-refractivity contribution in [1.82, 2.24) is 0 Å². The minimum absolute atomic E-state index is 0.00100. The Hall–Kier alpha value is -6.09. The molecule has 20 heteroatoms. The first-order valence-electron chi connectivity index (χ1n) is 35.9. The maximum atomic E-state index is 13.3. The van der Waals surface area contributed by atoms with E-state index in [0.717, 1.165) is 51.4 Å². The van der Waals surface area contributed by atoms with Crippen molar-refractivity contribution in [1.29, 1.82) is 0 Å². The van der Waals surface area contributed by atoms with Crippen LogP contribution in [0.5, 0.6) is 5.75 Å². The number of alkyl halides is 3. The molecule has 3 N–H and O–H groups in total. The Morgan fingerprint density at radius 3 is 1.50 bits per heavy atom. The lowest BCUT2D eigenvalue weighted by Crippen LogP contribution is -3.06. The molecule has 6 aliphatic rings. The Morgan fingerprint density at radius 1 is 0.630 bits per heavy atom. The number of piperidine rings is 1. The van der Waals surface area contributed by atoms with E-state index in [-0.39, 0.29) is 80.2 Å². The highest BCUT2D eigenvalue weighted by atomic mass is 32.2. The number of halogens is 3. The lowest BCUT2D eigenvalue weighted by Gasteiger charge is -2.60. The highest BCUT2D eigenvalue weighted by molar-refractivity contribution is 7.85. The molecule has 4 unspecified atom stereocenters. The number of carbonyl (C=O) groups is 5. The van der Waals surface area contributed by atoms with E-state index in [2.05, 4.69) is 137 Å². The summed E-state index contributed by atoms with van der Waals surface area (Å²) in [6, 6.07) is 35.8. The number of thiophene rings is 1. The molecule has 4 atom stereocenters. The Kier molecular flexibility index (Phi) is 29.1. The van der Waals surface area contributed by atoms with Gasteiger partial charge >= 0.3 is 30.1 Å². The first kappa shape index (κ1) is 84.6. The topological polar surface area (TPSA) is 239 Å². The standard InChI is InChI=1S/C20H29F3O7S.C18H13S.C15H29NO2.C13H24O2.C10H14O.C4H8O2/c1-4-17(2,3)15(24)30-19-8-12-5-13(9-19)7-18(6-12,11-19)16(25)29-14(20(21,22)23)10-31(26,27)28;1-2-8-14(9-3-1)19-17-12-6-4-10-15(17)16-11-5-7-13-18(16)19;1-8-13(2,3)12(17)18-11-9-14(4,5)16-15(6,7)10-11;1-5-12(2,3)11(14)15-13(4)9-7-6-8-10-13;1-3-8(2)9-4-6-10(11)7-5-9;1-3(2)4(5)6/h12-14H,4-11H2,1-3H3,(H,26,27,28);1-13H;11,16H,8-10H2,1-7H3;5-10H2,1-4H3;4-8,11H,3H2,1-2H3;3H,1-2H3,(H,5,6)/q;+1;;;;/p-1. The maximum absolute atomic E-state index is 13.3. The number of carbonyl (C=O) groups excluding carboxylic acids is 5. The third kappa shape index (κ3) is 24.0. The largest absolute Gasteiger partial charge is 0.748 e. The number of hydrogen-bond donors (Lipinski definition) is 2. The van der Waals surface area contributed by atoms with E-state index >= 15 is 0 Å². The minimum Gasteiger partial charge on any atom is -0.748 e. The minimum atomic E-state index is -5.27. The fraction of sp³-hybridized carbons (Fsp3) is 0.637. The molecule has 6 fully saturated rings. The van der Waals surface area contributed by atoms with E-state index in [1.165, 1.54) is 49.9 Å². The number of phenols is 1. The molecule has 0 spiro atoms. The second kappa shape index (κ2) is 34.5. The van der Waals surface area contributed by atoms with Crippen molar-refractivity contribution in [3.63, 3.8) is 0 Å². The highest BCUT2D eigenvalue weighted by Gasteiger charge is 2.64. The van der Waals surface area contributed by atoms with Crippen LogP contribution in [0, 0.1) is 39.4 Å². The van der Waals surface area contributed by atoms with E-state index in [9.17, 15) is 55.2 Å². The molecular weight excluding hydrogens is 1320 g/mol. The number of ether oxygens (including phenoxy) is 4. The molecule has 1 saturated heterocycles. The number of rotatable bonds is 17. The number of carboxylic acids is 1. The lowest BCUT2D eigenvalue weighted by atomic mass is 9.48. The lowest BCUT2D eigenvalue weighted by molar-refractivity contribution is -0.789. The molecule has 5 aliphatic carbocycles. The second-order valence-corrected chi connectivity index (χ2v) is 36.0. The first-order chi connectivity index (χ1) is 46.2. The van der Waals surface area contributed by atoms with E-state index in [4.69, 9.17) is 19.3 Å². The smallest absolute Gasteiger partial charge is 0.426 e. The van der Waals surface area contributed by atoms with Gasteiger partial charge in [-0.25, -0.2) is 8.42 Å². The number of esters is 4. The van der Waals surface area contributed by atoms with Gasteiger partial charge < -0.3 is 43.8 Å². The normalized spacial score (nSPS) is 22.0. The van der Waals surface area contributed by atoms with Crippen molar-refractivity contribution in [2.45, 2.75) is 280 Å². The molecule has 0 amide bonds. The van der Waals surface area contributed by atoms with Crippen molar-refractivity contribution < 1.29 is 84.6 Å². The van der Waals surface area contributed by atoms with Crippen LogP contribution >= 0.6 is 10.5 Å². The number of aliphatic carboxylic acids is 1. The molecule has 4 bridgehead atoms. The summed E-state index contributed by atoms with van der Waals surface area (Å²) < 4.78 is 97.4. The van der Waals surface area contributed by atoms with Gasteiger partial charge in [-0.3, -0.25) is 19.2 Å². The maximum Gasteiger partial charge on any atom is 0.426 e. The molecule has 100 heavy (non-hydrogen) atoms. The Labute approximate surface area is 596 Å². The summed E-state index contributed by atoms with van der Waals surface area (Å²) >= 11 is 0. The van der Waals surface area contributed by atoms with E-state index in [1.807, 2.05) is 60.6 Å². The van der Waals surface area contributed by atoms with E-state index < -0.39 is 62.5 Å². The van der Waals surface area contributed by atoms with Crippen LogP contribution < -0.4 is 10.4 Å². The van der Waals surface area contributed by atoms with Crippen LogP contribution in [0.1, 0.15) is 245 Å². The Balaban J connectivity index is 0.000000229. The molecule has 11 rings (SSSR count). The quantitative estimate of drug-likeness (QED) is 0.0381. The number of quaternary nitrogens is 1. The summed E-state index contributed by atoms with van der Waals surface area (Å²) in [6.45, 7) is 35.7. The van der Waals surface area contributed by atoms with Gasteiger partial charge in [0.25, 0.3) is 0 Å². The van der Waals surface area contributed by atoms with Crippen LogP contribution in [0.25, 0.3) is 25.1 Å². The molecular formula is C80H116F3NO14S2. The van der Waals surface area contributed by atoms with Gasteiger partial charge in [-0.15, -0.1) is 0 Å². The summed E-state index contributed by atoms with van der Waals surface area (Å²) in [5, 5.41) is 23.8. The average Bonchev–Trinajstić information content (AvgIpc) is 0.886. The van der Waals surface area contributed by atoms with Gasteiger partial charge in [-0.1, -0.05) is 109 Å². The number of phenolic OH excluding ortho intramolecular Hbond substituents is 1. The fourth-order valence-corrected chi connectivity index (χ4v) is 17.2. The van der Waals surface area contributed by atoms with Crippen LogP contribution in [0.2, 0.25) is 0 Å². The summed E-state index contributed by atoms with van der Waals surface area (Å²) in [4.78, 5) is 60.8. The predicted octanol–water partition coefficient (Wildman–Crippen LogP) is 17.3. The molecule has 1 aromatic heterocycles. The van der Waals surface area contributed by atoms with Crippen LogP contribution in [0.3, 0.4) is 0 Å². The highest BCUT2D eigenvalue weighted by Crippen LogP contribution is 2.64. The van der Waals surface area contributed by atoms with Gasteiger partial charge in [0.2, 0.25) is 6.10 Å². The zero-order valence-corrected chi connectivity index (χ0v) is 64.4. The van der Waals surface area contributed by atoms with Gasteiger partial charge in [0, 0.05) is 46.5 Å². The molecule has 1 aliphatic heterocycles. The summed E-state index contributed by atoms with van der Waals surface area (Å²) in [6.07, 6.45) is 5.29. The number of hydrogen-bond acceptors (Lipinski definition) is 14.